The van der Waals surface area contributed by atoms with Crippen molar-refractivity contribution in [1.29, 1.82) is 0 Å². The third kappa shape index (κ3) is 6.48. The molecule has 230 valence electrons. The van der Waals surface area contributed by atoms with Crippen molar-refractivity contribution in [3.8, 4) is 5.75 Å². The number of aromatic amines is 1. The number of H-pyrrole nitrogens is 1. The number of hydrogen-bond acceptors (Lipinski definition) is 9. The number of hydrogen-bond donors (Lipinski definition) is 4. The molecule has 5 atom stereocenters. The van der Waals surface area contributed by atoms with E-state index in [9.17, 15) is 19.3 Å². The average Bonchev–Trinajstić information content (AvgIpc) is 3.80. The zero-order valence-electron chi connectivity index (χ0n) is 23.1. The number of alkyl halides is 2. The van der Waals surface area contributed by atoms with Crippen molar-refractivity contribution in [3.63, 3.8) is 0 Å². The Balaban J connectivity index is 1.36. The second-order valence-corrected chi connectivity index (χ2v) is 12.1. The van der Waals surface area contributed by atoms with E-state index >= 15 is 8.78 Å². The highest BCUT2D eigenvalue weighted by Gasteiger charge is 2.76. The largest absolute Gasteiger partial charge is 0.499 e. The number of carbonyl (C=O) groups is 1. The molecule has 1 aliphatic heterocycles. The molecular weight excluding hydrogens is 589 g/mol. The molecule has 2 unspecified atom stereocenters. The van der Waals surface area contributed by atoms with Gasteiger partial charge in [-0.05, 0) is 43.4 Å². The van der Waals surface area contributed by atoms with Gasteiger partial charge >= 0.3 is 25.3 Å². The number of aliphatic hydroxyl groups is 1. The van der Waals surface area contributed by atoms with E-state index in [-0.39, 0.29) is 31.0 Å². The molecule has 1 aliphatic carbocycles. The number of nitrogens with two attached hydrogens (primary N) is 1. The topological polar surface area (TPSA) is 166 Å². The third-order valence-electron chi connectivity index (χ3n) is 7.27. The van der Waals surface area contributed by atoms with E-state index in [2.05, 4.69) is 10.1 Å². The average molecular weight is 622 g/mol. The first-order valence-corrected chi connectivity index (χ1v) is 15.1. The molecule has 15 heteroatoms. The summed E-state index contributed by atoms with van der Waals surface area (Å²) < 4.78 is 68.3. The molecule has 1 saturated heterocycles. The molecule has 1 saturated carbocycles. The van der Waals surface area contributed by atoms with Crippen LogP contribution in [0, 0.1) is 5.92 Å². The van der Waals surface area contributed by atoms with Crippen LogP contribution >= 0.6 is 7.75 Å². The lowest BCUT2D eigenvalue weighted by atomic mass is 9.86. The lowest BCUT2D eigenvalue weighted by Gasteiger charge is -2.33. The van der Waals surface area contributed by atoms with Crippen molar-refractivity contribution >= 4 is 19.5 Å². The number of anilines is 1. The number of rotatable bonds is 12. The number of nitrogens with zero attached hydrogens (tertiary/aromatic N) is 1. The van der Waals surface area contributed by atoms with Gasteiger partial charge in [0.2, 0.25) is 0 Å². The first-order valence-electron chi connectivity index (χ1n) is 13.6. The zero-order valence-corrected chi connectivity index (χ0v) is 24.0. The number of para-hydroxylation sites is 1. The van der Waals surface area contributed by atoms with Crippen molar-refractivity contribution < 1.29 is 46.3 Å². The van der Waals surface area contributed by atoms with Crippen LogP contribution in [0.1, 0.15) is 31.6 Å². The van der Waals surface area contributed by atoms with E-state index in [1.165, 1.54) is 25.1 Å². The molecule has 2 heterocycles. The number of carbonyl (C=O) groups excluding carboxylic acids is 1. The van der Waals surface area contributed by atoms with Crippen molar-refractivity contribution in [2.24, 2.45) is 5.92 Å². The molecule has 0 amide bonds. The van der Waals surface area contributed by atoms with E-state index in [0.717, 1.165) is 11.8 Å². The molecular formula is C28H32F2N4O8P+. The highest BCUT2D eigenvalue weighted by atomic mass is 31.2. The summed E-state index contributed by atoms with van der Waals surface area (Å²) in [6.45, 7) is 0.493. The van der Waals surface area contributed by atoms with E-state index in [4.69, 9.17) is 24.3 Å². The van der Waals surface area contributed by atoms with Crippen LogP contribution < -0.4 is 25.6 Å². The number of ether oxygens (including phenoxy) is 2. The van der Waals surface area contributed by atoms with Crippen LogP contribution in [0.4, 0.5) is 14.6 Å². The fourth-order valence-corrected chi connectivity index (χ4v) is 6.38. The number of nitrogen functional groups attached to an aromatic ring is 1. The molecule has 0 radical (unpaired) electrons. The van der Waals surface area contributed by atoms with Gasteiger partial charge in [-0.15, -0.1) is 0 Å². The summed E-state index contributed by atoms with van der Waals surface area (Å²) >= 11 is 0. The highest BCUT2D eigenvalue weighted by Crippen LogP contribution is 2.58. The summed E-state index contributed by atoms with van der Waals surface area (Å²) in [6.07, 6.45) is -2.37. The lowest BCUT2D eigenvalue weighted by molar-refractivity contribution is -0.789. The summed E-state index contributed by atoms with van der Waals surface area (Å²) in [5.74, 6) is -5.56. The van der Waals surface area contributed by atoms with Gasteiger partial charge in [0.1, 0.15) is 30.7 Å². The first-order chi connectivity index (χ1) is 20.4. The highest BCUT2D eigenvalue weighted by molar-refractivity contribution is 7.52. The molecule has 0 bridgehead atoms. The van der Waals surface area contributed by atoms with Gasteiger partial charge < -0.3 is 24.8 Å². The van der Waals surface area contributed by atoms with E-state index < -0.39 is 61.8 Å². The van der Waals surface area contributed by atoms with Gasteiger partial charge in [0, 0.05) is 6.07 Å². The number of halogens is 2. The predicted octanol–water partition coefficient (Wildman–Crippen LogP) is 2.84. The Morgan fingerprint density at radius 1 is 1.19 bits per heavy atom. The Morgan fingerprint density at radius 3 is 2.47 bits per heavy atom. The number of benzene rings is 2. The van der Waals surface area contributed by atoms with Gasteiger partial charge in [-0.25, -0.2) is 4.57 Å². The van der Waals surface area contributed by atoms with Crippen molar-refractivity contribution in [3.05, 3.63) is 89.0 Å². The molecule has 0 spiro atoms. The van der Waals surface area contributed by atoms with Gasteiger partial charge in [0.05, 0.1) is 6.61 Å². The molecule has 1 aromatic heterocycles. The summed E-state index contributed by atoms with van der Waals surface area (Å²) in [5.41, 5.74) is 2.53. The fraction of sp³-hybridized carbons (Fsp3) is 0.393. The van der Waals surface area contributed by atoms with Crippen LogP contribution in [0.5, 0.6) is 5.75 Å². The summed E-state index contributed by atoms with van der Waals surface area (Å²) in [7, 11) is -4.49. The monoisotopic (exact) mass is 621 g/mol. The van der Waals surface area contributed by atoms with Crippen LogP contribution in [0.2, 0.25) is 0 Å². The second kappa shape index (κ2) is 12.1. The zero-order chi connectivity index (χ0) is 30.8. The molecule has 12 nitrogen and oxygen atoms in total. The Bertz CT molecular complexity index is 1540. The van der Waals surface area contributed by atoms with Crippen LogP contribution in [0.25, 0.3) is 0 Å². The molecule has 2 fully saturated rings. The molecule has 5 rings (SSSR count). The van der Waals surface area contributed by atoms with Crippen molar-refractivity contribution in [2.75, 3.05) is 12.3 Å². The third-order valence-corrected chi connectivity index (χ3v) is 8.92. The Kier molecular flexibility index (Phi) is 8.68. The van der Waals surface area contributed by atoms with Gasteiger partial charge in [-0.3, -0.25) is 9.32 Å². The maximum Gasteiger partial charge on any atom is 0.499 e. The van der Waals surface area contributed by atoms with Crippen LogP contribution in [-0.2, 0) is 30.0 Å². The standard InChI is InChI=1S/C28H31F2N4O8P/c1-18(24(35)39-16-19-8-4-2-5-9-19)33-43(38,42-21-10-6-3-7-11-21)40-17-22-27(37,20-12-13-20)28(29,30)25(41-22)34-15-14-23(31)32-26(34)36/h2-11,14-15,18,20,22,25,37H,12-13,16-17H2,1H3,(H3,31,32,33,36,38)/p+1/t18-,22+,25+,27?,43?/m0/s1. The van der Waals surface area contributed by atoms with E-state index in [0.29, 0.717) is 4.57 Å². The maximum absolute atomic E-state index is 15.9. The number of esters is 1. The quantitative estimate of drug-likeness (QED) is 0.134. The van der Waals surface area contributed by atoms with E-state index in [1.54, 1.807) is 42.5 Å². The minimum atomic E-state index is -4.49. The van der Waals surface area contributed by atoms with Gasteiger partial charge in [0.25, 0.3) is 6.23 Å². The minimum absolute atomic E-state index is 0.0425. The predicted molar refractivity (Wildman–Crippen MR) is 148 cm³/mol. The molecule has 2 aromatic carbocycles. The van der Waals surface area contributed by atoms with Gasteiger partial charge in [-0.1, -0.05) is 48.5 Å². The summed E-state index contributed by atoms with van der Waals surface area (Å²) in [5, 5.41) is 13.9. The Morgan fingerprint density at radius 2 is 1.84 bits per heavy atom. The van der Waals surface area contributed by atoms with Gasteiger partial charge in [-0.2, -0.15) is 28.2 Å². The fourth-order valence-electron chi connectivity index (χ4n) is 4.88. The van der Waals surface area contributed by atoms with E-state index in [1.807, 2.05) is 6.07 Å². The Hall–Kier alpha value is -3.68. The van der Waals surface area contributed by atoms with Crippen LogP contribution in [0.3, 0.4) is 0 Å². The minimum Gasteiger partial charge on any atom is -0.460 e. The molecule has 2 aliphatic rings. The van der Waals surface area contributed by atoms with Crippen LogP contribution in [-0.4, -0.2) is 46.3 Å². The van der Waals surface area contributed by atoms with Crippen molar-refractivity contribution in [2.45, 2.75) is 56.3 Å². The maximum atomic E-state index is 15.9. The summed E-state index contributed by atoms with van der Waals surface area (Å²) in [4.78, 5) is 27.4. The second-order valence-electron chi connectivity index (χ2n) is 10.4. The smallest absolute Gasteiger partial charge is 0.460 e. The molecule has 43 heavy (non-hydrogen) atoms. The number of nitrogens with one attached hydrogen (secondary N) is 2. The Labute approximate surface area is 245 Å². The first kappa shape index (κ1) is 30.8. The summed E-state index contributed by atoms with van der Waals surface area (Å²) in [6, 6.07) is 16.8. The van der Waals surface area contributed by atoms with Gasteiger partial charge in [0.15, 0.2) is 11.4 Å². The van der Waals surface area contributed by atoms with Crippen LogP contribution in [0.15, 0.2) is 77.7 Å². The number of aromatic nitrogens is 2. The SMILES string of the molecule is C[C@H](NP(=O)(OC[C@H]1O[C@@H]([n+]2ccc(N)[nH]c2=O)C(F)(F)C1(O)C1CC1)Oc1ccccc1)C(=O)OCc1ccccc1. The normalized spacial score (nSPS) is 25.0. The lowest BCUT2D eigenvalue weighted by Crippen LogP contribution is -2.63. The molecule has 3 aromatic rings. The van der Waals surface area contributed by atoms with Crippen molar-refractivity contribution in [1.82, 2.24) is 10.1 Å². The molecule has 5 N–H and O–H groups in total.